The summed E-state index contributed by atoms with van der Waals surface area (Å²) in [6.07, 6.45) is -0.310. The molecule has 3 heterocycles. The molecule has 0 fully saturated rings. The van der Waals surface area contributed by atoms with Gasteiger partial charge in [0, 0.05) is 27.1 Å². The number of aromatic nitrogens is 1. The molecule has 44 heavy (non-hydrogen) atoms. The highest BCUT2D eigenvalue weighted by atomic mass is 16.3. The molecular weight excluding hydrogens is 540 g/mol. The van der Waals surface area contributed by atoms with Gasteiger partial charge in [0.05, 0.1) is 11.0 Å². The van der Waals surface area contributed by atoms with Gasteiger partial charge in [-0.1, -0.05) is 109 Å². The zero-order valence-electron chi connectivity index (χ0n) is 23.7. The number of rotatable bonds is 3. The molecule has 1 atom stereocenters. The van der Waals surface area contributed by atoms with Gasteiger partial charge in [0.25, 0.3) is 0 Å². The zero-order chi connectivity index (χ0) is 29.0. The molecule has 0 spiro atoms. The summed E-state index contributed by atoms with van der Waals surface area (Å²) in [5, 5.41) is 8.15. The van der Waals surface area contributed by atoms with Crippen LogP contribution in [0.4, 0.5) is 0 Å². The Hall–Kier alpha value is -5.94. The minimum absolute atomic E-state index is 0.310. The molecule has 5 nitrogen and oxygen atoms in total. The number of nitrogens with one attached hydrogen (secondary N) is 1. The van der Waals surface area contributed by atoms with Crippen LogP contribution in [-0.4, -0.2) is 16.4 Å². The summed E-state index contributed by atoms with van der Waals surface area (Å²) in [4.78, 5) is 10.4. The number of amidine groups is 1. The second-order valence-electron chi connectivity index (χ2n) is 11.1. The maximum atomic E-state index is 6.34. The third-order valence-electron chi connectivity index (χ3n) is 8.48. The molecule has 6 aromatic carbocycles. The van der Waals surface area contributed by atoms with Crippen LogP contribution in [0.5, 0.6) is 0 Å². The van der Waals surface area contributed by atoms with Crippen molar-refractivity contribution in [2.24, 2.45) is 9.98 Å². The van der Waals surface area contributed by atoms with Gasteiger partial charge in [-0.25, -0.2) is 4.99 Å². The first-order chi connectivity index (χ1) is 21.8. The Morgan fingerprint density at radius 3 is 2.00 bits per heavy atom. The van der Waals surface area contributed by atoms with Crippen molar-refractivity contribution in [2.75, 3.05) is 0 Å². The van der Waals surface area contributed by atoms with Crippen LogP contribution in [0.1, 0.15) is 17.3 Å². The lowest BCUT2D eigenvalue weighted by molar-refractivity contribution is 0.667. The third kappa shape index (κ3) is 3.87. The molecule has 0 saturated heterocycles. The predicted molar refractivity (Wildman–Crippen MR) is 180 cm³/mol. The minimum atomic E-state index is -0.310. The van der Waals surface area contributed by atoms with Crippen molar-refractivity contribution in [2.45, 2.75) is 6.17 Å². The summed E-state index contributed by atoms with van der Waals surface area (Å²) in [7, 11) is 0. The highest BCUT2D eigenvalue weighted by Gasteiger charge is 2.24. The molecule has 1 N–H and O–H groups in total. The highest BCUT2D eigenvalue weighted by molar-refractivity contribution is 6.19. The molecule has 1 unspecified atom stereocenters. The fraction of sp³-hybridized carbons (Fsp3) is 0.0256. The van der Waals surface area contributed by atoms with Crippen molar-refractivity contribution in [3.05, 3.63) is 157 Å². The van der Waals surface area contributed by atoms with Crippen LogP contribution in [0, 0.1) is 0 Å². The van der Waals surface area contributed by atoms with E-state index in [0.717, 1.165) is 61.1 Å². The Bertz CT molecular complexity index is 2360. The maximum absolute atomic E-state index is 6.34. The number of hydrogen-bond donors (Lipinski definition) is 1. The molecule has 9 rings (SSSR count). The molecule has 1 aliphatic rings. The average molecular weight is 567 g/mol. The Labute approximate surface area is 253 Å². The lowest BCUT2D eigenvalue weighted by Gasteiger charge is -2.24. The highest BCUT2D eigenvalue weighted by Crippen LogP contribution is 2.37. The number of aliphatic imine (C=N–C) groups is 2. The minimum Gasteiger partial charge on any atom is -0.456 e. The van der Waals surface area contributed by atoms with Gasteiger partial charge in [0.1, 0.15) is 23.2 Å². The molecule has 0 bridgehead atoms. The molecule has 5 heteroatoms. The molecule has 0 amide bonds. The third-order valence-corrected chi connectivity index (χ3v) is 8.48. The Morgan fingerprint density at radius 2 is 1.25 bits per heavy atom. The number of nitrogens with zero attached hydrogens (tertiary/aromatic N) is 3. The monoisotopic (exact) mass is 566 g/mol. The molecule has 208 valence electrons. The quantitative estimate of drug-likeness (QED) is 0.232. The topological polar surface area (TPSA) is 54.8 Å². The first kappa shape index (κ1) is 24.6. The summed E-state index contributed by atoms with van der Waals surface area (Å²) in [6, 6.07) is 50.3. The standard InChI is InChI=1S/C39H26N4O/c1-3-12-25(13-4-1)28-18-11-21-35-36(28)31-24-27(22-23-34(31)44-35)38-40-37(26-14-5-2-6-15-26)41-39(42-38)43-32-19-9-7-16-29(32)30-17-8-10-20-33(30)43/h1-24,37H,(H,40,41,42). The van der Waals surface area contributed by atoms with Crippen molar-refractivity contribution in [3.63, 3.8) is 0 Å². The lowest BCUT2D eigenvalue weighted by atomic mass is 9.98. The lowest BCUT2D eigenvalue weighted by Crippen LogP contribution is -2.35. The largest absolute Gasteiger partial charge is 0.456 e. The van der Waals surface area contributed by atoms with Crippen LogP contribution >= 0.6 is 0 Å². The van der Waals surface area contributed by atoms with Crippen LogP contribution in [-0.2, 0) is 0 Å². The van der Waals surface area contributed by atoms with Crippen molar-refractivity contribution in [3.8, 4) is 11.1 Å². The zero-order valence-corrected chi connectivity index (χ0v) is 23.7. The fourth-order valence-corrected chi connectivity index (χ4v) is 6.46. The van der Waals surface area contributed by atoms with Gasteiger partial charge in [0.2, 0.25) is 5.96 Å². The van der Waals surface area contributed by atoms with E-state index in [0.29, 0.717) is 5.96 Å². The fourth-order valence-electron chi connectivity index (χ4n) is 6.46. The van der Waals surface area contributed by atoms with Gasteiger partial charge in [-0.3, -0.25) is 4.57 Å². The van der Waals surface area contributed by atoms with Gasteiger partial charge in [-0.2, -0.15) is 4.99 Å². The molecule has 0 aliphatic carbocycles. The van der Waals surface area contributed by atoms with Crippen molar-refractivity contribution < 1.29 is 4.42 Å². The van der Waals surface area contributed by atoms with Crippen LogP contribution in [0.25, 0.3) is 54.9 Å². The van der Waals surface area contributed by atoms with Crippen LogP contribution in [0.2, 0.25) is 0 Å². The summed E-state index contributed by atoms with van der Waals surface area (Å²) >= 11 is 0. The van der Waals surface area contributed by atoms with E-state index in [1.165, 1.54) is 10.8 Å². The Balaban J connectivity index is 1.27. The smallest absolute Gasteiger partial charge is 0.234 e. The molecular formula is C39H26N4O. The molecule has 8 aromatic rings. The van der Waals surface area contributed by atoms with E-state index in [1.54, 1.807) is 0 Å². The Morgan fingerprint density at radius 1 is 0.568 bits per heavy atom. The van der Waals surface area contributed by atoms with E-state index in [-0.39, 0.29) is 6.17 Å². The van der Waals surface area contributed by atoms with Crippen molar-refractivity contribution in [1.82, 2.24) is 9.88 Å². The van der Waals surface area contributed by atoms with Gasteiger partial charge in [-0.15, -0.1) is 0 Å². The second-order valence-corrected chi connectivity index (χ2v) is 11.1. The first-order valence-electron chi connectivity index (χ1n) is 14.8. The van der Waals surface area contributed by atoms with E-state index in [9.17, 15) is 0 Å². The van der Waals surface area contributed by atoms with Gasteiger partial charge in [-0.05, 0) is 53.1 Å². The van der Waals surface area contributed by atoms with Gasteiger partial charge < -0.3 is 9.73 Å². The maximum Gasteiger partial charge on any atom is 0.234 e. The van der Waals surface area contributed by atoms with Gasteiger partial charge in [0.15, 0.2) is 0 Å². The summed E-state index contributed by atoms with van der Waals surface area (Å²) in [5.74, 6) is 1.41. The summed E-state index contributed by atoms with van der Waals surface area (Å²) in [6.45, 7) is 0. The van der Waals surface area contributed by atoms with E-state index < -0.39 is 0 Å². The molecule has 2 aromatic heterocycles. The second kappa shape index (κ2) is 9.82. The molecule has 0 radical (unpaired) electrons. The summed E-state index contributed by atoms with van der Waals surface area (Å²) in [5.41, 5.74) is 8.21. The first-order valence-corrected chi connectivity index (χ1v) is 14.8. The van der Waals surface area contributed by atoms with Crippen molar-refractivity contribution in [1.29, 1.82) is 0 Å². The number of para-hydroxylation sites is 2. The normalized spacial score (nSPS) is 15.0. The van der Waals surface area contributed by atoms with Crippen LogP contribution in [0.3, 0.4) is 0 Å². The number of furan rings is 1. The van der Waals surface area contributed by atoms with Gasteiger partial charge >= 0.3 is 0 Å². The van der Waals surface area contributed by atoms with Crippen molar-refractivity contribution >= 4 is 55.5 Å². The van der Waals surface area contributed by atoms with E-state index >= 15 is 0 Å². The van der Waals surface area contributed by atoms with E-state index in [1.807, 2.05) is 36.4 Å². The van der Waals surface area contributed by atoms with E-state index in [2.05, 4.69) is 119 Å². The number of hydrogen-bond acceptors (Lipinski definition) is 4. The number of benzene rings is 6. The molecule has 1 aliphatic heterocycles. The van der Waals surface area contributed by atoms with Crippen LogP contribution < -0.4 is 5.32 Å². The predicted octanol–water partition coefficient (Wildman–Crippen LogP) is 9.31. The van der Waals surface area contributed by atoms with E-state index in [4.69, 9.17) is 14.4 Å². The summed E-state index contributed by atoms with van der Waals surface area (Å²) < 4.78 is 8.52. The SMILES string of the molecule is c1ccc(-c2cccc3oc4ccc(C5=NC(n6c7ccccc7c7ccccc76)=NC(c6ccccc6)N5)cc4c23)cc1. The van der Waals surface area contributed by atoms with Crippen LogP contribution in [0.15, 0.2) is 160 Å². The Kier molecular flexibility index (Phi) is 5.50. The number of fused-ring (bicyclic) bond motifs is 6. The molecule has 0 saturated carbocycles. The average Bonchev–Trinajstić information content (AvgIpc) is 3.64.